The van der Waals surface area contributed by atoms with E-state index in [0.717, 1.165) is 11.0 Å². The first-order valence-corrected chi connectivity index (χ1v) is 8.56. The number of para-hydroxylation sites is 1. The van der Waals surface area contributed by atoms with E-state index in [-0.39, 0.29) is 11.3 Å². The Hall–Kier alpha value is -3.11. The molecule has 7 heteroatoms. The van der Waals surface area contributed by atoms with Gasteiger partial charge < -0.3 is 10.1 Å². The Balaban J connectivity index is 1.86. The lowest BCUT2D eigenvalue weighted by atomic mass is 10.2. The van der Waals surface area contributed by atoms with E-state index >= 15 is 0 Å². The van der Waals surface area contributed by atoms with E-state index in [1.807, 2.05) is 6.07 Å². The fourth-order valence-corrected chi connectivity index (χ4v) is 2.61. The molecule has 2 aromatic carbocycles. The highest BCUT2D eigenvalue weighted by atomic mass is 32.2. The lowest BCUT2D eigenvalue weighted by Gasteiger charge is -2.09. The lowest BCUT2D eigenvalue weighted by Crippen LogP contribution is -2.20. The van der Waals surface area contributed by atoms with E-state index in [4.69, 9.17) is 10.00 Å². The van der Waals surface area contributed by atoms with Gasteiger partial charge in [-0.25, -0.2) is 9.18 Å². The summed E-state index contributed by atoms with van der Waals surface area (Å²) in [4.78, 5) is 24.3. The number of esters is 1. The number of rotatable bonds is 7. The summed E-state index contributed by atoms with van der Waals surface area (Å²) in [5.74, 6) is -1.47. The number of benzene rings is 2. The van der Waals surface area contributed by atoms with Gasteiger partial charge in [-0.2, -0.15) is 5.26 Å². The molecule has 5 nitrogen and oxygen atoms in total. The standard InChI is InChI=1S/C19H15FN2O3S/c20-15-6-2-1-5-14(15)9-10-19(24)25-13-18(23)22-16-7-3-4-8-17(16)26-12-11-21/h1-10H,12-13H2,(H,22,23)/b10-9+. The molecule has 0 aliphatic heterocycles. The predicted octanol–water partition coefficient (Wildman–Crippen LogP) is 3.64. The van der Waals surface area contributed by atoms with Crippen LogP contribution in [0, 0.1) is 17.1 Å². The van der Waals surface area contributed by atoms with Crippen LogP contribution in [-0.4, -0.2) is 24.2 Å². The molecule has 0 aromatic heterocycles. The first-order chi connectivity index (χ1) is 12.6. The van der Waals surface area contributed by atoms with Crippen molar-refractivity contribution in [3.63, 3.8) is 0 Å². The highest BCUT2D eigenvalue weighted by Gasteiger charge is 2.09. The molecule has 1 N–H and O–H groups in total. The second-order valence-electron chi connectivity index (χ2n) is 4.95. The molecule has 1 amide bonds. The van der Waals surface area contributed by atoms with E-state index in [2.05, 4.69) is 5.32 Å². The number of nitrogens with one attached hydrogen (secondary N) is 1. The van der Waals surface area contributed by atoms with Crippen LogP contribution in [0.2, 0.25) is 0 Å². The van der Waals surface area contributed by atoms with Crippen LogP contribution in [0.15, 0.2) is 59.5 Å². The minimum Gasteiger partial charge on any atom is -0.452 e. The molecule has 0 unspecified atom stereocenters. The van der Waals surface area contributed by atoms with Gasteiger partial charge in [-0.3, -0.25) is 4.79 Å². The van der Waals surface area contributed by atoms with Crippen LogP contribution in [-0.2, 0) is 14.3 Å². The fourth-order valence-electron chi connectivity index (χ4n) is 1.94. The number of halogens is 1. The average Bonchev–Trinajstić information content (AvgIpc) is 2.65. The number of carbonyl (C=O) groups excluding carboxylic acids is 2. The smallest absolute Gasteiger partial charge is 0.331 e. The number of amides is 1. The van der Waals surface area contributed by atoms with Crippen molar-refractivity contribution >= 4 is 35.4 Å². The number of carbonyl (C=O) groups is 2. The largest absolute Gasteiger partial charge is 0.452 e. The molecule has 26 heavy (non-hydrogen) atoms. The molecule has 2 rings (SSSR count). The first kappa shape index (κ1) is 19.2. The van der Waals surface area contributed by atoms with Crippen LogP contribution in [0.25, 0.3) is 6.08 Å². The zero-order chi connectivity index (χ0) is 18.8. The molecular formula is C19H15FN2O3S. The average molecular weight is 370 g/mol. The molecule has 0 bridgehead atoms. The van der Waals surface area contributed by atoms with Crippen LogP contribution < -0.4 is 5.32 Å². The van der Waals surface area contributed by atoms with Gasteiger partial charge in [0.2, 0.25) is 0 Å². The highest BCUT2D eigenvalue weighted by molar-refractivity contribution is 7.99. The van der Waals surface area contributed by atoms with Crippen LogP contribution in [0.5, 0.6) is 0 Å². The van der Waals surface area contributed by atoms with Gasteiger partial charge >= 0.3 is 5.97 Å². The Bertz CT molecular complexity index is 862. The van der Waals surface area contributed by atoms with Crippen molar-refractivity contribution in [1.82, 2.24) is 0 Å². The zero-order valence-corrected chi connectivity index (χ0v) is 14.5. The van der Waals surface area contributed by atoms with Crippen molar-refractivity contribution in [3.05, 3.63) is 66.0 Å². The Morgan fingerprint density at radius 2 is 1.92 bits per heavy atom. The molecule has 0 spiro atoms. The van der Waals surface area contributed by atoms with E-state index in [9.17, 15) is 14.0 Å². The SMILES string of the molecule is N#CCSc1ccccc1NC(=O)COC(=O)/C=C/c1ccccc1F. The van der Waals surface area contributed by atoms with Gasteiger partial charge in [0.1, 0.15) is 5.82 Å². The number of ether oxygens (including phenoxy) is 1. The summed E-state index contributed by atoms with van der Waals surface area (Å²) in [5.41, 5.74) is 0.785. The highest BCUT2D eigenvalue weighted by Crippen LogP contribution is 2.26. The second kappa shape index (κ2) is 10.0. The summed E-state index contributed by atoms with van der Waals surface area (Å²) in [6.45, 7) is -0.475. The number of anilines is 1. The molecule has 0 heterocycles. The van der Waals surface area contributed by atoms with Crippen LogP contribution in [0.4, 0.5) is 10.1 Å². The van der Waals surface area contributed by atoms with Crippen molar-refractivity contribution in [2.45, 2.75) is 4.90 Å². The maximum Gasteiger partial charge on any atom is 0.331 e. The minimum atomic E-state index is -0.754. The van der Waals surface area contributed by atoms with Gasteiger partial charge in [0.25, 0.3) is 5.91 Å². The Morgan fingerprint density at radius 1 is 1.19 bits per heavy atom. The molecule has 0 atom stereocenters. The van der Waals surface area contributed by atoms with Crippen molar-refractivity contribution in [2.75, 3.05) is 17.7 Å². The third-order valence-electron chi connectivity index (χ3n) is 3.10. The van der Waals surface area contributed by atoms with Crippen molar-refractivity contribution in [2.24, 2.45) is 0 Å². The molecule has 2 aromatic rings. The van der Waals surface area contributed by atoms with Gasteiger partial charge in [-0.05, 0) is 24.3 Å². The van der Waals surface area contributed by atoms with Crippen LogP contribution in [0.3, 0.4) is 0 Å². The van der Waals surface area contributed by atoms with Crippen molar-refractivity contribution < 1.29 is 18.7 Å². The van der Waals surface area contributed by atoms with Crippen LogP contribution >= 0.6 is 11.8 Å². The third-order valence-corrected chi connectivity index (χ3v) is 4.04. The summed E-state index contributed by atoms with van der Waals surface area (Å²) in [5, 5.41) is 11.3. The lowest BCUT2D eigenvalue weighted by molar-refractivity contribution is -0.142. The van der Waals surface area contributed by atoms with Gasteiger partial charge in [0, 0.05) is 16.5 Å². The number of nitriles is 1. The normalized spacial score (nSPS) is 10.3. The van der Waals surface area contributed by atoms with E-state index in [1.54, 1.807) is 36.4 Å². The van der Waals surface area contributed by atoms with E-state index in [1.165, 1.54) is 30.0 Å². The van der Waals surface area contributed by atoms with Gasteiger partial charge in [-0.15, -0.1) is 11.8 Å². The summed E-state index contributed by atoms with van der Waals surface area (Å²) in [6, 6.07) is 15.0. The first-order valence-electron chi connectivity index (χ1n) is 7.58. The molecule has 0 saturated carbocycles. The topological polar surface area (TPSA) is 79.2 Å². The number of nitrogens with zero attached hydrogens (tertiary/aromatic N) is 1. The van der Waals surface area contributed by atoms with E-state index in [0.29, 0.717) is 5.69 Å². The summed E-state index contributed by atoms with van der Waals surface area (Å²) in [6.07, 6.45) is 2.34. The third kappa shape index (κ3) is 6.07. The Morgan fingerprint density at radius 3 is 2.69 bits per heavy atom. The van der Waals surface area contributed by atoms with Gasteiger partial charge in [-0.1, -0.05) is 30.3 Å². The number of thioether (sulfide) groups is 1. The Labute approximate surface area is 154 Å². The molecule has 0 saturated heterocycles. The minimum absolute atomic E-state index is 0.248. The molecule has 0 fully saturated rings. The van der Waals surface area contributed by atoms with Gasteiger partial charge in [0.15, 0.2) is 6.61 Å². The Kier molecular flexibility index (Phi) is 7.40. The number of hydrogen-bond donors (Lipinski definition) is 1. The molecule has 0 aliphatic rings. The summed E-state index contributed by atoms with van der Waals surface area (Å²) < 4.78 is 18.3. The van der Waals surface area contributed by atoms with Gasteiger partial charge in [0.05, 0.1) is 17.5 Å². The fraction of sp³-hybridized carbons (Fsp3) is 0.105. The van der Waals surface area contributed by atoms with E-state index < -0.39 is 24.3 Å². The van der Waals surface area contributed by atoms with Crippen LogP contribution in [0.1, 0.15) is 5.56 Å². The van der Waals surface area contributed by atoms with Crippen molar-refractivity contribution in [1.29, 1.82) is 5.26 Å². The monoisotopic (exact) mass is 370 g/mol. The maximum atomic E-state index is 13.4. The van der Waals surface area contributed by atoms with Crippen molar-refractivity contribution in [3.8, 4) is 6.07 Å². The number of hydrogen-bond acceptors (Lipinski definition) is 5. The summed E-state index contributed by atoms with van der Waals surface area (Å²) in [7, 11) is 0. The maximum absolute atomic E-state index is 13.4. The molecular weight excluding hydrogens is 355 g/mol. The summed E-state index contributed by atoms with van der Waals surface area (Å²) >= 11 is 1.29. The molecule has 0 aliphatic carbocycles. The quantitative estimate of drug-likeness (QED) is 0.457. The molecule has 0 radical (unpaired) electrons. The predicted molar refractivity (Wildman–Crippen MR) is 97.8 cm³/mol. The zero-order valence-electron chi connectivity index (χ0n) is 13.6. The molecule has 132 valence electrons. The second-order valence-corrected chi connectivity index (χ2v) is 5.97.